The lowest BCUT2D eigenvalue weighted by Gasteiger charge is -2.10. The highest BCUT2D eigenvalue weighted by Gasteiger charge is 2.17. The Morgan fingerprint density at radius 2 is 1.90 bits per heavy atom. The third-order valence-electron chi connectivity index (χ3n) is 2.81. The molecule has 0 bridgehead atoms. The summed E-state index contributed by atoms with van der Waals surface area (Å²) in [6, 6.07) is 2.72. The number of hydrogen-bond donors (Lipinski definition) is 3. The molecule has 0 atom stereocenters. The molecule has 110 valence electrons. The van der Waals surface area contributed by atoms with Gasteiger partial charge in [-0.05, 0) is 37.1 Å². The van der Waals surface area contributed by atoms with Crippen molar-refractivity contribution in [3.63, 3.8) is 0 Å². The number of nitrogens with two attached hydrogens (primary N) is 1. The van der Waals surface area contributed by atoms with Crippen molar-refractivity contribution in [1.29, 1.82) is 0 Å². The average molecular weight is 300 g/mol. The first-order valence-corrected chi connectivity index (χ1v) is 7.31. The van der Waals surface area contributed by atoms with Crippen molar-refractivity contribution in [2.75, 3.05) is 6.54 Å². The van der Waals surface area contributed by atoms with Gasteiger partial charge in [0.05, 0.1) is 11.3 Å². The van der Waals surface area contributed by atoms with Gasteiger partial charge in [0.15, 0.2) is 0 Å². The minimum absolute atomic E-state index is 0.0359. The quantitative estimate of drug-likeness (QED) is 0.713. The molecule has 4 N–H and O–H groups in total. The highest BCUT2D eigenvalue weighted by Crippen LogP contribution is 2.20. The number of carbonyl (C=O) groups is 2. The Bertz CT molecular complexity index is 652. The molecule has 1 rings (SSSR count). The summed E-state index contributed by atoms with van der Waals surface area (Å²) in [5.74, 6) is -1.57. The summed E-state index contributed by atoms with van der Waals surface area (Å²) in [7, 11) is -3.92. The molecule has 20 heavy (non-hydrogen) atoms. The largest absolute Gasteiger partial charge is 0.481 e. The van der Waals surface area contributed by atoms with Crippen LogP contribution >= 0.6 is 0 Å². The maximum absolute atomic E-state index is 11.8. The number of hydrogen-bond acceptors (Lipinski definition) is 4. The number of sulfonamides is 1. The van der Waals surface area contributed by atoms with Crippen molar-refractivity contribution in [2.45, 2.75) is 25.2 Å². The van der Waals surface area contributed by atoms with Crippen LogP contribution in [0.5, 0.6) is 0 Å². The lowest BCUT2D eigenvalue weighted by atomic mass is 10.1. The summed E-state index contributed by atoms with van der Waals surface area (Å²) < 4.78 is 22.9. The monoisotopic (exact) mass is 300 g/mol. The van der Waals surface area contributed by atoms with Gasteiger partial charge in [-0.2, -0.15) is 0 Å². The lowest BCUT2D eigenvalue weighted by Crippen LogP contribution is -2.26. The van der Waals surface area contributed by atoms with E-state index in [1.165, 1.54) is 12.1 Å². The maximum Gasteiger partial charge on any atom is 0.305 e. The van der Waals surface area contributed by atoms with Crippen LogP contribution in [0.15, 0.2) is 17.0 Å². The first kappa shape index (κ1) is 16.1. The molecular formula is C12H16N2O5S. The zero-order chi connectivity index (χ0) is 15.5. The summed E-state index contributed by atoms with van der Waals surface area (Å²) in [5.41, 5.74) is 1.22. The predicted octanol–water partition coefficient (Wildman–Crippen LogP) is 0.155. The average Bonchev–Trinajstić information content (AvgIpc) is 2.30. The van der Waals surface area contributed by atoms with E-state index in [0.717, 1.165) is 0 Å². The minimum atomic E-state index is -3.92. The van der Waals surface area contributed by atoms with Gasteiger partial charge in [0.2, 0.25) is 10.0 Å². The van der Waals surface area contributed by atoms with E-state index in [1.54, 1.807) is 13.8 Å². The number of aryl methyl sites for hydroxylation is 1. The number of carbonyl (C=O) groups excluding carboxylic acids is 1. The van der Waals surface area contributed by atoms with Crippen LogP contribution in [0.1, 0.15) is 27.9 Å². The number of rotatable bonds is 5. The summed E-state index contributed by atoms with van der Waals surface area (Å²) in [4.78, 5) is 22.1. The molecular weight excluding hydrogens is 284 g/mol. The smallest absolute Gasteiger partial charge is 0.305 e. The molecule has 0 saturated carbocycles. The first-order chi connectivity index (χ1) is 9.12. The molecule has 0 aromatic heterocycles. The maximum atomic E-state index is 11.8. The molecule has 1 aromatic rings. The van der Waals surface area contributed by atoms with Gasteiger partial charge in [-0.25, -0.2) is 13.6 Å². The van der Waals surface area contributed by atoms with E-state index < -0.39 is 21.9 Å². The number of primary sulfonamides is 1. The number of benzene rings is 1. The van der Waals surface area contributed by atoms with Crippen LogP contribution in [0.25, 0.3) is 0 Å². The van der Waals surface area contributed by atoms with Crippen molar-refractivity contribution in [3.05, 3.63) is 28.8 Å². The van der Waals surface area contributed by atoms with Gasteiger partial charge in [0.25, 0.3) is 5.91 Å². The zero-order valence-corrected chi connectivity index (χ0v) is 12.0. The Kier molecular flexibility index (Phi) is 4.85. The fraction of sp³-hybridized carbons (Fsp3) is 0.333. The summed E-state index contributed by atoms with van der Waals surface area (Å²) >= 11 is 0. The highest BCUT2D eigenvalue weighted by molar-refractivity contribution is 7.89. The molecule has 0 spiro atoms. The van der Waals surface area contributed by atoms with Crippen LogP contribution in [-0.4, -0.2) is 31.9 Å². The molecule has 0 aliphatic heterocycles. The molecule has 0 unspecified atom stereocenters. The van der Waals surface area contributed by atoms with Crippen molar-refractivity contribution >= 4 is 21.9 Å². The SMILES string of the molecule is Cc1cc(C(=O)NCCC(=O)O)cc(S(N)(=O)=O)c1C. The summed E-state index contributed by atoms with van der Waals surface area (Å²) in [6.07, 6.45) is -0.210. The van der Waals surface area contributed by atoms with Crippen LogP contribution in [-0.2, 0) is 14.8 Å². The number of carboxylic acid groups (broad SMARTS) is 1. The van der Waals surface area contributed by atoms with E-state index in [2.05, 4.69) is 5.32 Å². The second-order valence-corrected chi connectivity index (χ2v) is 5.89. The van der Waals surface area contributed by atoms with Crippen molar-refractivity contribution in [3.8, 4) is 0 Å². The van der Waals surface area contributed by atoms with Crippen molar-refractivity contribution in [1.82, 2.24) is 5.32 Å². The van der Waals surface area contributed by atoms with E-state index in [1.807, 2.05) is 0 Å². The molecule has 0 aliphatic carbocycles. The fourth-order valence-corrected chi connectivity index (χ4v) is 2.52. The summed E-state index contributed by atoms with van der Waals surface area (Å²) in [5, 5.41) is 16.0. The third kappa shape index (κ3) is 4.04. The van der Waals surface area contributed by atoms with Crippen LogP contribution in [0.4, 0.5) is 0 Å². The Balaban J connectivity index is 3.05. The topological polar surface area (TPSA) is 127 Å². The predicted molar refractivity (Wildman–Crippen MR) is 71.9 cm³/mol. The summed E-state index contributed by atoms with van der Waals surface area (Å²) in [6.45, 7) is 3.23. The van der Waals surface area contributed by atoms with Gasteiger partial charge in [-0.1, -0.05) is 0 Å². The third-order valence-corrected chi connectivity index (χ3v) is 3.85. The molecule has 0 fully saturated rings. The van der Waals surface area contributed by atoms with E-state index in [0.29, 0.717) is 11.1 Å². The lowest BCUT2D eigenvalue weighted by molar-refractivity contribution is -0.136. The molecule has 0 saturated heterocycles. The van der Waals surface area contributed by atoms with Crippen LogP contribution in [0.3, 0.4) is 0 Å². The van der Waals surface area contributed by atoms with Gasteiger partial charge >= 0.3 is 5.97 Å². The number of nitrogens with one attached hydrogen (secondary N) is 1. The van der Waals surface area contributed by atoms with E-state index in [4.69, 9.17) is 10.2 Å². The fourth-order valence-electron chi connectivity index (χ4n) is 1.64. The van der Waals surface area contributed by atoms with Gasteiger partial charge in [0, 0.05) is 12.1 Å². The standard InChI is InChI=1S/C12H16N2O5S/c1-7-5-9(12(17)14-4-3-11(15)16)6-10(8(7)2)20(13,18)19/h5-6H,3-4H2,1-2H3,(H,14,17)(H,15,16)(H2,13,18,19). The van der Waals surface area contributed by atoms with Gasteiger partial charge in [0.1, 0.15) is 0 Å². The Hall–Kier alpha value is -1.93. The highest BCUT2D eigenvalue weighted by atomic mass is 32.2. The molecule has 0 aliphatic rings. The van der Waals surface area contributed by atoms with E-state index in [-0.39, 0.29) is 23.4 Å². The molecule has 0 radical (unpaired) electrons. The number of carboxylic acids is 1. The Morgan fingerprint density at radius 3 is 2.40 bits per heavy atom. The van der Waals surface area contributed by atoms with E-state index >= 15 is 0 Å². The van der Waals surface area contributed by atoms with Crippen molar-refractivity contribution < 1.29 is 23.1 Å². The van der Waals surface area contributed by atoms with Gasteiger partial charge in [-0.3, -0.25) is 9.59 Å². The molecule has 8 heteroatoms. The number of aliphatic carboxylic acids is 1. The normalized spacial score (nSPS) is 11.2. The van der Waals surface area contributed by atoms with Crippen LogP contribution in [0.2, 0.25) is 0 Å². The molecule has 1 amide bonds. The molecule has 7 nitrogen and oxygen atoms in total. The second-order valence-electron chi connectivity index (χ2n) is 4.36. The van der Waals surface area contributed by atoms with E-state index in [9.17, 15) is 18.0 Å². The van der Waals surface area contributed by atoms with Crippen LogP contribution in [0, 0.1) is 13.8 Å². The Labute approximate surface area is 116 Å². The van der Waals surface area contributed by atoms with Crippen molar-refractivity contribution in [2.24, 2.45) is 5.14 Å². The van der Waals surface area contributed by atoms with Gasteiger partial charge in [-0.15, -0.1) is 0 Å². The zero-order valence-electron chi connectivity index (χ0n) is 11.1. The molecule has 1 aromatic carbocycles. The molecule has 0 heterocycles. The van der Waals surface area contributed by atoms with Gasteiger partial charge < -0.3 is 10.4 Å². The first-order valence-electron chi connectivity index (χ1n) is 5.77. The number of amides is 1. The second kappa shape index (κ2) is 6.02. The van der Waals surface area contributed by atoms with Crippen LogP contribution < -0.4 is 10.5 Å². The minimum Gasteiger partial charge on any atom is -0.481 e. The Morgan fingerprint density at radius 1 is 1.30 bits per heavy atom.